The van der Waals surface area contributed by atoms with Gasteiger partial charge in [0.1, 0.15) is 11.5 Å². The Hall–Kier alpha value is -1.32. The van der Waals surface area contributed by atoms with Crippen molar-refractivity contribution in [2.75, 3.05) is 20.7 Å². The molecule has 1 aromatic carbocycles. The molecule has 0 heterocycles. The molecule has 0 atom stereocenters. The second-order valence-electron chi connectivity index (χ2n) is 4.20. The molecule has 0 fully saturated rings. The lowest BCUT2D eigenvalue weighted by Crippen LogP contribution is -2.37. The quantitative estimate of drug-likeness (QED) is 0.398. The fraction of sp³-hybridized carbons (Fsp3) is 0.500. The molecule has 0 amide bonds. The van der Waals surface area contributed by atoms with Gasteiger partial charge in [-0.25, -0.2) is 0 Å². The van der Waals surface area contributed by atoms with Crippen molar-refractivity contribution in [1.29, 1.82) is 0 Å². The molecule has 2 N–H and O–H groups in total. The van der Waals surface area contributed by atoms with Crippen molar-refractivity contribution in [1.82, 2.24) is 10.6 Å². The second-order valence-corrected chi connectivity index (χ2v) is 4.20. The normalized spacial score (nSPS) is 10.9. The van der Waals surface area contributed by atoms with Crippen LogP contribution < -0.4 is 20.1 Å². The van der Waals surface area contributed by atoms with E-state index in [0.717, 1.165) is 13.0 Å². The lowest BCUT2D eigenvalue weighted by Gasteiger charge is -2.15. The first-order valence-electron chi connectivity index (χ1n) is 6.67. The molecule has 126 valence electrons. The number of benzene rings is 1. The van der Waals surface area contributed by atoms with Crippen LogP contribution in [0.1, 0.15) is 18.9 Å². The van der Waals surface area contributed by atoms with Crippen LogP contribution in [0.3, 0.4) is 0 Å². The van der Waals surface area contributed by atoms with Crippen LogP contribution in [-0.4, -0.2) is 33.3 Å². The molecule has 0 aliphatic heterocycles. The zero-order chi connectivity index (χ0) is 15.7. The highest BCUT2D eigenvalue weighted by atomic mass is 127. The highest BCUT2D eigenvalue weighted by Crippen LogP contribution is 2.25. The summed E-state index contributed by atoms with van der Waals surface area (Å²) in [5.41, 5.74) is 0.564. The summed E-state index contributed by atoms with van der Waals surface area (Å²) in [5.74, 6) is 1.29. The van der Waals surface area contributed by atoms with Crippen LogP contribution in [0.5, 0.6) is 11.5 Å². The van der Waals surface area contributed by atoms with E-state index >= 15 is 0 Å². The summed E-state index contributed by atoms with van der Waals surface area (Å²) >= 11 is 0. The number of nitrogens with one attached hydrogen (secondary N) is 2. The van der Waals surface area contributed by atoms with E-state index in [-0.39, 0.29) is 29.7 Å². The van der Waals surface area contributed by atoms with Gasteiger partial charge in [0.25, 0.3) is 0 Å². The van der Waals surface area contributed by atoms with Gasteiger partial charge in [-0.3, -0.25) is 4.99 Å². The molecule has 0 aromatic heterocycles. The third-order valence-corrected chi connectivity index (χ3v) is 2.70. The molecule has 0 aliphatic rings. The Morgan fingerprint density at radius 1 is 1.32 bits per heavy atom. The van der Waals surface area contributed by atoms with E-state index in [1.165, 1.54) is 13.2 Å². The predicted molar refractivity (Wildman–Crippen MR) is 93.5 cm³/mol. The third kappa shape index (κ3) is 7.10. The molecule has 0 aliphatic carbocycles. The maximum absolute atomic E-state index is 12.4. The minimum absolute atomic E-state index is 0. The molecular formula is C14H22F2IN3O2. The number of guanidine groups is 1. The summed E-state index contributed by atoms with van der Waals surface area (Å²) in [6.07, 6.45) is 0.958. The van der Waals surface area contributed by atoms with Crippen molar-refractivity contribution in [3.05, 3.63) is 23.8 Å². The number of nitrogens with zero attached hydrogens (tertiary/aromatic N) is 1. The van der Waals surface area contributed by atoms with Crippen LogP contribution in [-0.2, 0) is 6.54 Å². The number of hydrogen-bond donors (Lipinski definition) is 2. The Kier molecular flexibility index (Phi) is 10.6. The number of halogens is 3. The Labute approximate surface area is 146 Å². The number of methoxy groups -OCH3 is 1. The maximum Gasteiger partial charge on any atom is 0.387 e. The molecule has 5 nitrogen and oxygen atoms in total. The second kappa shape index (κ2) is 11.3. The van der Waals surface area contributed by atoms with E-state index in [4.69, 9.17) is 4.74 Å². The molecule has 22 heavy (non-hydrogen) atoms. The van der Waals surface area contributed by atoms with Crippen LogP contribution in [0.2, 0.25) is 0 Å². The number of aliphatic imine (C=N–C) groups is 1. The zero-order valence-corrected chi connectivity index (χ0v) is 15.2. The molecule has 0 saturated heterocycles. The number of hydrogen-bond acceptors (Lipinski definition) is 3. The molecule has 0 unspecified atom stereocenters. The van der Waals surface area contributed by atoms with Gasteiger partial charge in [0, 0.05) is 25.7 Å². The molecule has 0 radical (unpaired) electrons. The average Bonchev–Trinajstić information content (AvgIpc) is 2.48. The van der Waals surface area contributed by atoms with Crippen LogP contribution in [0.25, 0.3) is 0 Å². The summed E-state index contributed by atoms with van der Waals surface area (Å²) in [4.78, 5) is 4.05. The van der Waals surface area contributed by atoms with Gasteiger partial charge in [0.05, 0.1) is 7.11 Å². The first kappa shape index (κ1) is 20.7. The average molecular weight is 429 g/mol. The van der Waals surface area contributed by atoms with Gasteiger partial charge in [-0.15, -0.1) is 24.0 Å². The van der Waals surface area contributed by atoms with Crippen LogP contribution in [0.4, 0.5) is 8.78 Å². The fourth-order valence-electron chi connectivity index (χ4n) is 1.67. The van der Waals surface area contributed by atoms with Crippen molar-refractivity contribution >= 4 is 29.9 Å². The first-order valence-corrected chi connectivity index (χ1v) is 6.67. The van der Waals surface area contributed by atoms with Crippen molar-refractivity contribution < 1.29 is 18.3 Å². The van der Waals surface area contributed by atoms with E-state index in [0.29, 0.717) is 23.8 Å². The molecule has 1 aromatic rings. The number of ether oxygens (including phenoxy) is 2. The Morgan fingerprint density at radius 3 is 2.59 bits per heavy atom. The van der Waals surface area contributed by atoms with E-state index in [9.17, 15) is 8.78 Å². The zero-order valence-electron chi connectivity index (χ0n) is 12.9. The highest BCUT2D eigenvalue weighted by molar-refractivity contribution is 14.0. The van der Waals surface area contributed by atoms with E-state index in [1.807, 2.05) is 6.92 Å². The summed E-state index contributed by atoms with van der Waals surface area (Å²) in [5, 5.41) is 6.14. The lowest BCUT2D eigenvalue weighted by molar-refractivity contribution is -0.0504. The van der Waals surface area contributed by atoms with Gasteiger partial charge in [0.2, 0.25) is 0 Å². The van der Waals surface area contributed by atoms with E-state index < -0.39 is 6.61 Å². The van der Waals surface area contributed by atoms with Gasteiger partial charge in [-0.2, -0.15) is 8.78 Å². The summed E-state index contributed by atoms with van der Waals surface area (Å²) in [6.45, 7) is 0.243. The van der Waals surface area contributed by atoms with Crippen LogP contribution in [0.15, 0.2) is 23.2 Å². The lowest BCUT2D eigenvalue weighted by atomic mass is 10.2. The smallest absolute Gasteiger partial charge is 0.387 e. The van der Waals surface area contributed by atoms with Gasteiger partial charge in [-0.1, -0.05) is 6.92 Å². The molecular weight excluding hydrogens is 407 g/mol. The van der Waals surface area contributed by atoms with Crippen molar-refractivity contribution in [2.24, 2.45) is 4.99 Å². The maximum atomic E-state index is 12.4. The SMILES string of the molecule is CCCNC(=NC)NCc1cc(OC)ccc1OC(F)F.I. The first-order chi connectivity index (χ1) is 10.1. The van der Waals surface area contributed by atoms with Crippen molar-refractivity contribution in [3.63, 3.8) is 0 Å². The molecule has 1 rings (SSSR count). The summed E-state index contributed by atoms with van der Waals surface area (Å²) in [6, 6.07) is 4.69. The van der Waals surface area contributed by atoms with Gasteiger partial charge >= 0.3 is 6.61 Å². The molecule has 8 heteroatoms. The summed E-state index contributed by atoms with van der Waals surface area (Å²) in [7, 11) is 3.16. The largest absolute Gasteiger partial charge is 0.497 e. The Balaban J connectivity index is 0.00000441. The summed E-state index contributed by atoms with van der Waals surface area (Å²) < 4.78 is 34.4. The monoisotopic (exact) mass is 429 g/mol. The Morgan fingerprint density at radius 2 is 2.05 bits per heavy atom. The van der Waals surface area contributed by atoms with E-state index in [1.54, 1.807) is 19.2 Å². The molecule has 0 saturated carbocycles. The number of alkyl halides is 2. The minimum atomic E-state index is -2.87. The van der Waals surface area contributed by atoms with E-state index in [2.05, 4.69) is 20.4 Å². The van der Waals surface area contributed by atoms with Gasteiger partial charge < -0.3 is 20.1 Å². The van der Waals surface area contributed by atoms with Gasteiger partial charge in [0.15, 0.2) is 5.96 Å². The predicted octanol–water partition coefficient (Wildman–Crippen LogP) is 2.99. The molecule has 0 bridgehead atoms. The Bertz CT molecular complexity index is 473. The fourth-order valence-corrected chi connectivity index (χ4v) is 1.67. The van der Waals surface area contributed by atoms with Crippen molar-refractivity contribution in [2.45, 2.75) is 26.5 Å². The topological polar surface area (TPSA) is 54.9 Å². The standard InChI is InChI=1S/C14H21F2N3O2.HI/c1-4-7-18-14(17-2)19-9-10-8-11(20-3)5-6-12(10)21-13(15)16;/h5-6,8,13H,4,7,9H2,1-3H3,(H2,17,18,19);1H. The molecule has 0 spiro atoms. The highest BCUT2D eigenvalue weighted by Gasteiger charge is 2.11. The third-order valence-electron chi connectivity index (χ3n) is 2.70. The minimum Gasteiger partial charge on any atom is -0.497 e. The van der Waals surface area contributed by atoms with Gasteiger partial charge in [-0.05, 0) is 24.6 Å². The van der Waals surface area contributed by atoms with Crippen LogP contribution >= 0.6 is 24.0 Å². The van der Waals surface area contributed by atoms with Crippen molar-refractivity contribution in [3.8, 4) is 11.5 Å². The van der Waals surface area contributed by atoms with Crippen LogP contribution in [0, 0.1) is 0 Å². The number of rotatable bonds is 7.